The number of aliphatic hydroxyl groups excluding tert-OH is 1. The Morgan fingerprint density at radius 1 is 1.32 bits per heavy atom. The summed E-state index contributed by atoms with van der Waals surface area (Å²) in [5, 5.41) is 13.5. The second-order valence-electron chi connectivity index (χ2n) is 5.15. The van der Waals surface area contributed by atoms with Crippen molar-refractivity contribution in [2.75, 3.05) is 0 Å². The van der Waals surface area contributed by atoms with Crippen molar-refractivity contribution in [3.8, 4) is 0 Å². The van der Waals surface area contributed by atoms with Gasteiger partial charge in [0.15, 0.2) is 12.3 Å². The largest absolute Gasteiger partial charge is 0.453 e. The highest BCUT2D eigenvalue weighted by Gasteiger charge is 2.48. The van der Waals surface area contributed by atoms with Crippen LogP contribution in [0, 0.1) is 0 Å². The molecule has 0 spiro atoms. The molecule has 0 saturated carbocycles. The van der Waals surface area contributed by atoms with Crippen LogP contribution in [0.5, 0.6) is 0 Å². The third-order valence-electron chi connectivity index (χ3n) is 3.42. The number of carbonyl (C=O) groups excluding carboxylic acids is 1. The van der Waals surface area contributed by atoms with Crippen molar-refractivity contribution in [1.82, 2.24) is 0 Å². The Morgan fingerprint density at radius 3 is 2.52 bits per heavy atom. The van der Waals surface area contributed by atoms with E-state index in [1.807, 2.05) is 0 Å². The van der Waals surface area contributed by atoms with Crippen LogP contribution in [-0.2, 0) is 24.1 Å². The number of rotatable bonds is 5. The van der Waals surface area contributed by atoms with Crippen LogP contribution in [0.2, 0.25) is 0 Å². The number of hydrogen-bond donors (Lipinski definition) is 2. The molecule has 1 saturated heterocycles. The average molecular weight is 373 g/mol. The molecule has 0 radical (unpaired) electrons. The first-order valence-electron chi connectivity index (χ1n) is 7.02. The molecule has 136 valence electrons. The van der Waals surface area contributed by atoms with Crippen LogP contribution >= 0.6 is 0 Å². The maximum atomic E-state index is 12.1. The monoisotopic (exact) mass is 373 g/mol. The average Bonchev–Trinajstić information content (AvgIpc) is 2.55. The summed E-state index contributed by atoms with van der Waals surface area (Å²) in [5.74, 6) is -0.784. The third-order valence-corrected chi connectivity index (χ3v) is 3.89. The summed E-state index contributed by atoms with van der Waals surface area (Å²) in [6.45, 7) is 1.43. The molecule has 1 aromatic rings. The highest BCUT2D eigenvalue weighted by atomic mass is 32.3. The third kappa shape index (κ3) is 4.89. The van der Waals surface area contributed by atoms with E-state index in [-0.39, 0.29) is 5.56 Å². The molecule has 0 aliphatic carbocycles. The lowest BCUT2D eigenvalue weighted by Gasteiger charge is -2.40. The molecule has 0 unspecified atom stereocenters. The Hall–Kier alpha value is -2.21. The summed E-state index contributed by atoms with van der Waals surface area (Å²) in [4.78, 5) is 14.6. The predicted octanol–water partition coefficient (Wildman–Crippen LogP) is 0.816. The molecule has 0 amide bonds. The highest BCUT2D eigenvalue weighted by molar-refractivity contribution is 7.80. The molecule has 5 atom stereocenters. The number of azide groups is 1. The standard InChI is InChI=1S/C13H15N3O8S/c1-7-10(23-13(18)8-5-3-2-4-6-8)9(17)11(24-25(19,20)21)12(22-7)15-16-14/h2-7,9-12,17H,1H3,(H,19,20,21)/t7-,9+,10-,11+,12-/m0/s1. The van der Waals surface area contributed by atoms with Crippen LogP contribution < -0.4 is 0 Å². The fourth-order valence-electron chi connectivity index (χ4n) is 2.33. The molecule has 1 aromatic carbocycles. The van der Waals surface area contributed by atoms with E-state index in [0.29, 0.717) is 0 Å². The van der Waals surface area contributed by atoms with Gasteiger partial charge in [0.05, 0.1) is 11.7 Å². The zero-order chi connectivity index (χ0) is 18.6. The number of carbonyl (C=O) groups is 1. The topological polar surface area (TPSA) is 168 Å². The van der Waals surface area contributed by atoms with E-state index < -0.39 is 47.0 Å². The van der Waals surface area contributed by atoms with Gasteiger partial charge in [0.2, 0.25) is 0 Å². The van der Waals surface area contributed by atoms with Crippen molar-refractivity contribution >= 4 is 16.4 Å². The van der Waals surface area contributed by atoms with Gasteiger partial charge in [-0.25, -0.2) is 8.98 Å². The zero-order valence-corrected chi connectivity index (χ0v) is 13.7. The molecule has 0 bridgehead atoms. The van der Waals surface area contributed by atoms with Crippen molar-refractivity contribution in [1.29, 1.82) is 0 Å². The molecule has 25 heavy (non-hydrogen) atoms. The minimum atomic E-state index is -4.99. The van der Waals surface area contributed by atoms with Crippen molar-refractivity contribution in [3.63, 3.8) is 0 Å². The van der Waals surface area contributed by atoms with Crippen LogP contribution in [0.15, 0.2) is 35.4 Å². The maximum absolute atomic E-state index is 12.1. The van der Waals surface area contributed by atoms with Crippen molar-refractivity contribution in [3.05, 3.63) is 46.3 Å². The molecule has 11 nitrogen and oxygen atoms in total. The van der Waals surface area contributed by atoms with E-state index in [1.165, 1.54) is 19.1 Å². The summed E-state index contributed by atoms with van der Waals surface area (Å²) >= 11 is 0. The first-order chi connectivity index (χ1) is 11.7. The van der Waals surface area contributed by atoms with Crippen LogP contribution in [0.3, 0.4) is 0 Å². The molecule has 12 heteroatoms. The molecule has 1 heterocycles. The predicted molar refractivity (Wildman–Crippen MR) is 81.6 cm³/mol. The van der Waals surface area contributed by atoms with Crippen LogP contribution in [0.1, 0.15) is 17.3 Å². The normalized spacial score (nSPS) is 29.5. The number of esters is 1. The summed E-state index contributed by atoms with van der Waals surface area (Å²) < 4.78 is 45.5. The SMILES string of the molecule is C[C@@H]1O[C@H](N=[N+]=[N-])[C@H](OS(=O)(=O)O)[C@H](O)[C@H]1OC(=O)c1ccccc1. The molecule has 2 rings (SSSR count). The van der Waals surface area contributed by atoms with E-state index in [1.54, 1.807) is 18.2 Å². The molecule has 1 aliphatic heterocycles. The van der Waals surface area contributed by atoms with Crippen molar-refractivity contribution in [2.24, 2.45) is 5.11 Å². The van der Waals surface area contributed by atoms with Gasteiger partial charge in [-0.15, -0.1) is 0 Å². The number of hydrogen-bond acceptors (Lipinski definition) is 8. The zero-order valence-electron chi connectivity index (χ0n) is 12.9. The van der Waals surface area contributed by atoms with Gasteiger partial charge in [0, 0.05) is 4.91 Å². The first kappa shape index (κ1) is 19.1. The van der Waals surface area contributed by atoms with Gasteiger partial charge in [-0.2, -0.15) is 8.42 Å². The van der Waals surface area contributed by atoms with Gasteiger partial charge in [-0.3, -0.25) is 4.55 Å². The maximum Gasteiger partial charge on any atom is 0.397 e. The fraction of sp³-hybridized carbons (Fsp3) is 0.462. The lowest BCUT2D eigenvalue weighted by atomic mass is 9.99. The Kier molecular flexibility index (Phi) is 5.95. The molecular weight excluding hydrogens is 358 g/mol. The van der Waals surface area contributed by atoms with E-state index in [4.69, 9.17) is 19.6 Å². The first-order valence-corrected chi connectivity index (χ1v) is 8.39. The van der Waals surface area contributed by atoms with Gasteiger partial charge < -0.3 is 14.6 Å². The van der Waals surface area contributed by atoms with Crippen molar-refractivity contribution < 1.29 is 36.5 Å². The molecule has 2 N–H and O–H groups in total. The van der Waals surface area contributed by atoms with E-state index in [9.17, 15) is 18.3 Å². The summed E-state index contributed by atoms with van der Waals surface area (Å²) in [5.41, 5.74) is 8.71. The summed E-state index contributed by atoms with van der Waals surface area (Å²) in [6.07, 6.45) is -7.36. The number of benzene rings is 1. The van der Waals surface area contributed by atoms with Gasteiger partial charge in [0.25, 0.3) is 0 Å². The Labute approximate surface area is 142 Å². The summed E-state index contributed by atoms with van der Waals surface area (Å²) in [6, 6.07) is 7.87. The van der Waals surface area contributed by atoms with E-state index >= 15 is 0 Å². The minimum absolute atomic E-state index is 0.200. The summed E-state index contributed by atoms with van der Waals surface area (Å²) in [7, 11) is -4.99. The second-order valence-corrected chi connectivity index (χ2v) is 6.20. The van der Waals surface area contributed by atoms with Crippen molar-refractivity contribution in [2.45, 2.75) is 37.6 Å². The van der Waals surface area contributed by atoms with E-state index in [0.717, 1.165) is 0 Å². The van der Waals surface area contributed by atoms with Crippen LogP contribution in [0.4, 0.5) is 0 Å². The Balaban J connectivity index is 2.23. The van der Waals surface area contributed by atoms with Gasteiger partial charge in [-0.1, -0.05) is 23.3 Å². The highest BCUT2D eigenvalue weighted by Crippen LogP contribution is 2.28. The van der Waals surface area contributed by atoms with Crippen LogP contribution in [-0.4, -0.2) is 54.7 Å². The molecular formula is C13H15N3O8S. The lowest BCUT2D eigenvalue weighted by Crippen LogP contribution is -2.58. The fourth-order valence-corrected chi connectivity index (χ4v) is 2.82. The number of aliphatic hydroxyl groups is 1. The van der Waals surface area contributed by atoms with Crippen LogP contribution in [0.25, 0.3) is 10.4 Å². The molecule has 0 aromatic heterocycles. The van der Waals surface area contributed by atoms with Gasteiger partial charge in [-0.05, 0) is 24.6 Å². The smallest absolute Gasteiger partial charge is 0.397 e. The number of ether oxygens (including phenoxy) is 2. The molecule has 1 aliphatic rings. The van der Waals surface area contributed by atoms with Gasteiger partial charge in [0.1, 0.15) is 12.2 Å². The minimum Gasteiger partial charge on any atom is -0.453 e. The Bertz CT molecular complexity index is 765. The number of nitrogens with zero attached hydrogens (tertiary/aromatic N) is 3. The lowest BCUT2D eigenvalue weighted by molar-refractivity contribution is -0.208. The second kappa shape index (κ2) is 7.78. The molecule has 1 fully saturated rings. The Morgan fingerprint density at radius 2 is 1.96 bits per heavy atom. The van der Waals surface area contributed by atoms with Gasteiger partial charge >= 0.3 is 16.4 Å². The van der Waals surface area contributed by atoms with E-state index in [2.05, 4.69) is 14.2 Å². The quantitative estimate of drug-likeness (QED) is 0.251.